The van der Waals surface area contributed by atoms with Crippen LogP contribution >= 0.6 is 0 Å². The minimum Gasteiger partial charge on any atom is -0.545 e. The van der Waals surface area contributed by atoms with Crippen molar-refractivity contribution in [1.29, 1.82) is 0 Å². The van der Waals surface area contributed by atoms with Crippen LogP contribution < -0.4 is 9.84 Å². The normalized spacial score (nSPS) is 15.2. The lowest BCUT2D eigenvalue weighted by molar-refractivity contribution is -0.255. The zero-order chi connectivity index (χ0) is 28.9. The number of carbonyl (C=O) groups excluding carboxylic acids is 2. The molecule has 4 rings (SSSR count). The number of esters is 1. The second kappa shape index (κ2) is 12.3. The van der Waals surface area contributed by atoms with E-state index in [1.807, 2.05) is 31.2 Å². The molecular weight excluding hydrogens is 500 g/mol. The van der Waals surface area contributed by atoms with E-state index >= 15 is 0 Å². The van der Waals surface area contributed by atoms with Gasteiger partial charge in [-0.3, -0.25) is 4.79 Å². The first kappa shape index (κ1) is 29.4. The van der Waals surface area contributed by atoms with E-state index in [0.29, 0.717) is 19.6 Å². The number of carbonyl (C=O) groups is 2. The molecule has 0 radical (unpaired) electrons. The highest BCUT2D eigenvalue weighted by molar-refractivity contribution is 5.87. The molecule has 0 unspecified atom stereocenters. The van der Waals surface area contributed by atoms with Gasteiger partial charge in [0.25, 0.3) is 0 Å². The molecule has 0 aromatic heterocycles. The highest BCUT2D eigenvalue weighted by Gasteiger charge is 2.37. The first-order valence-electron chi connectivity index (χ1n) is 14.4. The van der Waals surface area contributed by atoms with Gasteiger partial charge in [0.2, 0.25) is 0 Å². The summed E-state index contributed by atoms with van der Waals surface area (Å²) in [7, 11) is 0. The molecule has 0 saturated heterocycles. The summed E-state index contributed by atoms with van der Waals surface area (Å²) in [5.41, 5.74) is 7.20. The Kier molecular flexibility index (Phi) is 9.02. The van der Waals surface area contributed by atoms with Crippen molar-refractivity contribution in [3.63, 3.8) is 0 Å². The van der Waals surface area contributed by atoms with Crippen LogP contribution in [0.3, 0.4) is 0 Å². The number of fused-ring (bicyclic) bond motifs is 1. The average molecular weight is 542 g/mol. The lowest BCUT2D eigenvalue weighted by Crippen LogP contribution is -2.33. The SMILES string of the molecule is CCOC(=O)CCCCCOc1ccc(-c2ccc(C(=O)[O-])cc2)cc1-c1ccc2c(c1)C(C)(C)CCC2(C)C. The maximum atomic E-state index is 11.6. The maximum absolute atomic E-state index is 11.6. The van der Waals surface area contributed by atoms with E-state index < -0.39 is 5.97 Å². The largest absolute Gasteiger partial charge is 0.545 e. The van der Waals surface area contributed by atoms with E-state index in [-0.39, 0.29) is 22.4 Å². The molecule has 3 aromatic carbocycles. The van der Waals surface area contributed by atoms with Crippen molar-refractivity contribution < 1.29 is 24.2 Å². The molecule has 40 heavy (non-hydrogen) atoms. The van der Waals surface area contributed by atoms with Crippen LogP contribution in [0.25, 0.3) is 22.3 Å². The van der Waals surface area contributed by atoms with Gasteiger partial charge in [-0.25, -0.2) is 0 Å². The van der Waals surface area contributed by atoms with Gasteiger partial charge in [0, 0.05) is 12.0 Å². The molecule has 0 atom stereocenters. The van der Waals surface area contributed by atoms with Crippen molar-refractivity contribution in [2.45, 2.75) is 84.0 Å². The standard InChI is InChI=1S/C35H42O5/c1-6-39-32(36)10-8-7-9-21-40-31-18-16-26(24-11-13-25(14-12-24)33(37)38)22-28(31)27-15-17-29-30(23-27)35(4,5)20-19-34(29,2)3/h11-18,22-23H,6-10,19-21H2,1-5H3,(H,37,38)/p-1. The molecular formula is C35H41O5-. The third kappa shape index (κ3) is 6.75. The van der Waals surface area contributed by atoms with Gasteiger partial charge in [0.15, 0.2) is 0 Å². The van der Waals surface area contributed by atoms with Crippen LogP contribution in [0.15, 0.2) is 60.7 Å². The van der Waals surface area contributed by atoms with Crippen molar-refractivity contribution in [2.24, 2.45) is 0 Å². The van der Waals surface area contributed by atoms with E-state index in [0.717, 1.165) is 60.1 Å². The van der Waals surface area contributed by atoms with Crippen LogP contribution in [0.1, 0.15) is 94.6 Å². The van der Waals surface area contributed by atoms with Gasteiger partial charge in [-0.2, -0.15) is 0 Å². The lowest BCUT2D eigenvalue weighted by Gasteiger charge is -2.42. The molecule has 0 spiro atoms. The molecule has 0 N–H and O–H groups in total. The Morgan fingerprint density at radius 3 is 2.10 bits per heavy atom. The second-order valence-corrected chi connectivity index (χ2v) is 12.1. The number of carboxylic acids is 1. The number of unbranched alkanes of at least 4 members (excludes halogenated alkanes) is 2. The van der Waals surface area contributed by atoms with Gasteiger partial charge in [-0.15, -0.1) is 0 Å². The Balaban J connectivity index is 1.63. The lowest BCUT2D eigenvalue weighted by atomic mass is 9.63. The van der Waals surface area contributed by atoms with Gasteiger partial charge in [-0.05, 0) is 95.4 Å². The number of ether oxygens (including phenoxy) is 2. The van der Waals surface area contributed by atoms with Crippen LogP contribution in [0.4, 0.5) is 0 Å². The maximum Gasteiger partial charge on any atom is 0.305 e. The van der Waals surface area contributed by atoms with Gasteiger partial charge in [0.05, 0.1) is 19.2 Å². The topological polar surface area (TPSA) is 75.7 Å². The quantitative estimate of drug-likeness (QED) is 0.189. The molecule has 3 aromatic rings. The van der Waals surface area contributed by atoms with Crippen molar-refractivity contribution in [1.82, 2.24) is 0 Å². The highest BCUT2D eigenvalue weighted by atomic mass is 16.5. The summed E-state index contributed by atoms with van der Waals surface area (Å²) in [6.07, 6.45) is 5.25. The van der Waals surface area contributed by atoms with E-state index in [2.05, 4.69) is 52.0 Å². The minimum absolute atomic E-state index is 0.0825. The Morgan fingerprint density at radius 1 is 0.775 bits per heavy atom. The van der Waals surface area contributed by atoms with Gasteiger partial charge >= 0.3 is 5.97 Å². The van der Waals surface area contributed by atoms with E-state index in [9.17, 15) is 14.7 Å². The summed E-state index contributed by atoms with van der Waals surface area (Å²) in [5, 5.41) is 11.2. The summed E-state index contributed by atoms with van der Waals surface area (Å²) < 4.78 is 11.3. The highest BCUT2D eigenvalue weighted by Crippen LogP contribution is 2.47. The fourth-order valence-corrected chi connectivity index (χ4v) is 5.58. The fraction of sp³-hybridized carbons (Fsp3) is 0.429. The molecule has 0 aliphatic heterocycles. The monoisotopic (exact) mass is 541 g/mol. The molecule has 5 nitrogen and oxygen atoms in total. The van der Waals surface area contributed by atoms with Crippen molar-refractivity contribution in [2.75, 3.05) is 13.2 Å². The van der Waals surface area contributed by atoms with Crippen molar-refractivity contribution >= 4 is 11.9 Å². The fourth-order valence-electron chi connectivity index (χ4n) is 5.58. The summed E-state index contributed by atoms with van der Waals surface area (Å²) in [6, 6.07) is 19.7. The molecule has 0 fully saturated rings. The minimum atomic E-state index is -1.18. The Labute approximate surface area is 238 Å². The Morgan fingerprint density at radius 2 is 1.43 bits per heavy atom. The first-order valence-corrected chi connectivity index (χ1v) is 14.4. The number of benzene rings is 3. The molecule has 0 heterocycles. The van der Waals surface area contributed by atoms with E-state index in [1.54, 1.807) is 12.1 Å². The number of carboxylic acid groups (broad SMARTS) is 1. The third-order valence-electron chi connectivity index (χ3n) is 8.19. The molecule has 0 amide bonds. The summed E-state index contributed by atoms with van der Waals surface area (Å²) in [6.45, 7) is 12.1. The van der Waals surface area contributed by atoms with Gasteiger partial charge in [-0.1, -0.05) is 76.2 Å². The number of hydrogen-bond donors (Lipinski definition) is 0. The van der Waals surface area contributed by atoms with Crippen LogP contribution in [-0.4, -0.2) is 25.2 Å². The number of aromatic carboxylic acids is 1. The summed E-state index contributed by atoms with van der Waals surface area (Å²) in [5.74, 6) is -0.515. The predicted molar refractivity (Wildman–Crippen MR) is 158 cm³/mol. The zero-order valence-corrected chi connectivity index (χ0v) is 24.5. The summed E-state index contributed by atoms with van der Waals surface area (Å²) >= 11 is 0. The number of hydrogen-bond acceptors (Lipinski definition) is 5. The molecule has 1 aliphatic carbocycles. The first-order chi connectivity index (χ1) is 19.0. The Hall–Kier alpha value is -3.60. The van der Waals surface area contributed by atoms with Crippen molar-refractivity contribution in [3.05, 3.63) is 77.4 Å². The molecule has 0 saturated carbocycles. The van der Waals surface area contributed by atoms with E-state index in [1.165, 1.54) is 11.1 Å². The molecule has 212 valence electrons. The van der Waals surface area contributed by atoms with Crippen LogP contribution in [0, 0.1) is 0 Å². The number of rotatable bonds is 11. The molecule has 5 heteroatoms. The van der Waals surface area contributed by atoms with Crippen LogP contribution in [0.5, 0.6) is 5.75 Å². The van der Waals surface area contributed by atoms with Gasteiger partial charge in [0.1, 0.15) is 5.75 Å². The predicted octanol–water partition coefficient (Wildman–Crippen LogP) is 7.24. The zero-order valence-electron chi connectivity index (χ0n) is 24.5. The van der Waals surface area contributed by atoms with Crippen LogP contribution in [0.2, 0.25) is 0 Å². The third-order valence-corrected chi connectivity index (χ3v) is 8.19. The molecule has 0 bridgehead atoms. The van der Waals surface area contributed by atoms with Crippen LogP contribution in [-0.2, 0) is 20.4 Å². The van der Waals surface area contributed by atoms with E-state index in [4.69, 9.17) is 9.47 Å². The van der Waals surface area contributed by atoms with Crippen molar-refractivity contribution in [3.8, 4) is 28.0 Å². The smallest absolute Gasteiger partial charge is 0.305 e. The average Bonchev–Trinajstić information content (AvgIpc) is 2.93. The molecule has 1 aliphatic rings. The Bertz CT molecular complexity index is 1350. The second-order valence-electron chi connectivity index (χ2n) is 12.1. The van der Waals surface area contributed by atoms with Gasteiger partial charge < -0.3 is 19.4 Å². The summed E-state index contributed by atoms with van der Waals surface area (Å²) in [4.78, 5) is 22.8.